The number of carboxylic acid groups (broad SMARTS) is 1. The first kappa shape index (κ1) is 21.2. The van der Waals surface area contributed by atoms with Gasteiger partial charge < -0.3 is 25.6 Å². The lowest BCUT2D eigenvalue weighted by atomic mass is 10.2. The molecule has 0 saturated heterocycles. The van der Waals surface area contributed by atoms with Crippen molar-refractivity contribution in [1.29, 1.82) is 0 Å². The summed E-state index contributed by atoms with van der Waals surface area (Å²) in [5.74, 6) is -1.50. The van der Waals surface area contributed by atoms with Gasteiger partial charge in [0, 0.05) is 11.8 Å². The van der Waals surface area contributed by atoms with Gasteiger partial charge in [0.2, 0.25) is 11.8 Å². The summed E-state index contributed by atoms with van der Waals surface area (Å²) in [5, 5.41) is 25.1. The second-order valence-electron chi connectivity index (χ2n) is 7.46. The zero-order valence-corrected chi connectivity index (χ0v) is 17.9. The lowest BCUT2D eigenvalue weighted by molar-refractivity contribution is 0.0680. The van der Waals surface area contributed by atoms with E-state index < -0.39 is 11.8 Å². The van der Waals surface area contributed by atoms with Crippen LogP contribution in [0.4, 0.5) is 27.5 Å². The van der Waals surface area contributed by atoms with Gasteiger partial charge in [-0.1, -0.05) is 19.1 Å². The molecule has 4 N–H and O–H groups in total. The van der Waals surface area contributed by atoms with E-state index in [1.807, 2.05) is 6.92 Å². The third-order valence-corrected chi connectivity index (χ3v) is 5.27. The fraction of sp³-hybridized carbons (Fsp3) is 0.130. The van der Waals surface area contributed by atoms with Crippen LogP contribution < -0.4 is 15.4 Å². The van der Waals surface area contributed by atoms with Crippen molar-refractivity contribution < 1.29 is 24.1 Å². The minimum Gasteiger partial charge on any atom is -0.508 e. The maximum absolute atomic E-state index is 14.3. The molecule has 1 aliphatic heterocycles. The molecule has 2 aromatic carbocycles. The number of halogens is 1. The Labute approximate surface area is 192 Å². The van der Waals surface area contributed by atoms with Crippen LogP contribution in [0.15, 0.2) is 48.7 Å². The normalized spacial score (nSPS) is 11.8. The van der Waals surface area contributed by atoms with Gasteiger partial charge in [0.05, 0.1) is 29.0 Å². The van der Waals surface area contributed by atoms with E-state index in [9.17, 15) is 19.4 Å². The van der Waals surface area contributed by atoms with Crippen LogP contribution in [0.1, 0.15) is 28.9 Å². The number of hydrogen-bond donors (Lipinski definition) is 4. The van der Waals surface area contributed by atoms with Crippen molar-refractivity contribution in [3.8, 4) is 17.2 Å². The van der Waals surface area contributed by atoms with Crippen LogP contribution >= 0.6 is 0 Å². The molecule has 11 heteroatoms. The minimum atomic E-state index is -1.14. The van der Waals surface area contributed by atoms with E-state index in [0.29, 0.717) is 40.6 Å². The number of phenolic OH excluding ortho intramolecular Hbond substituents is 1. The number of imidazole rings is 1. The number of aromatic hydroxyl groups is 1. The number of para-hydroxylation sites is 1. The Balaban J connectivity index is 1.50. The average Bonchev–Trinajstić information content (AvgIpc) is 3.21. The van der Waals surface area contributed by atoms with E-state index in [0.717, 1.165) is 6.20 Å². The molecule has 2 aromatic heterocycles. The number of aryl methyl sites for hydroxylation is 1. The number of fused-ring (bicyclic) bond motifs is 3. The predicted molar refractivity (Wildman–Crippen MR) is 121 cm³/mol. The monoisotopic (exact) mass is 462 g/mol. The van der Waals surface area contributed by atoms with E-state index >= 15 is 0 Å². The Morgan fingerprint density at radius 1 is 1.21 bits per heavy atom. The highest BCUT2D eigenvalue weighted by Crippen LogP contribution is 2.39. The summed E-state index contributed by atoms with van der Waals surface area (Å²) >= 11 is 0. The Kier molecular flexibility index (Phi) is 5.21. The largest absolute Gasteiger partial charge is 0.508 e. The molecule has 5 rings (SSSR count). The number of ether oxygens (including phenoxy) is 1. The van der Waals surface area contributed by atoms with Crippen LogP contribution in [0.25, 0.3) is 5.69 Å². The van der Waals surface area contributed by atoms with Gasteiger partial charge >= 0.3 is 5.97 Å². The maximum Gasteiger partial charge on any atom is 0.372 e. The van der Waals surface area contributed by atoms with Crippen molar-refractivity contribution in [3.05, 3.63) is 71.7 Å². The summed E-state index contributed by atoms with van der Waals surface area (Å²) < 4.78 is 21.9. The number of benzene rings is 2. The van der Waals surface area contributed by atoms with Gasteiger partial charge in [0.1, 0.15) is 12.4 Å². The van der Waals surface area contributed by atoms with Crippen LogP contribution in [-0.2, 0) is 13.0 Å². The fourth-order valence-electron chi connectivity index (χ4n) is 3.78. The van der Waals surface area contributed by atoms with Gasteiger partial charge in [-0.15, -0.1) is 0 Å². The molecule has 0 unspecified atom stereocenters. The molecule has 0 spiro atoms. The topological polar surface area (TPSA) is 134 Å². The first-order valence-corrected chi connectivity index (χ1v) is 10.4. The zero-order chi connectivity index (χ0) is 23.8. The van der Waals surface area contributed by atoms with Gasteiger partial charge in [-0.25, -0.2) is 19.2 Å². The molecule has 0 radical (unpaired) electrons. The van der Waals surface area contributed by atoms with E-state index in [4.69, 9.17) is 4.74 Å². The lowest BCUT2D eigenvalue weighted by Gasteiger charge is -2.24. The third kappa shape index (κ3) is 3.72. The van der Waals surface area contributed by atoms with Gasteiger partial charge in [-0.3, -0.25) is 4.57 Å². The molecule has 0 saturated carbocycles. The number of rotatable bonds is 6. The highest BCUT2D eigenvalue weighted by atomic mass is 19.1. The number of anilines is 4. The molecule has 34 heavy (non-hydrogen) atoms. The number of phenols is 1. The molecular formula is C23H19FN6O4. The molecule has 4 aromatic rings. The molecule has 10 nitrogen and oxygen atoms in total. The van der Waals surface area contributed by atoms with Gasteiger partial charge in [-0.2, -0.15) is 4.98 Å². The molecule has 0 atom stereocenters. The maximum atomic E-state index is 14.3. The second-order valence-corrected chi connectivity index (χ2v) is 7.46. The van der Waals surface area contributed by atoms with Crippen molar-refractivity contribution in [2.24, 2.45) is 0 Å². The third-order valence-electron chi connectivity index (χ3n) is 5.27. The van der Waals surface area contributed by atoms with Gasteiger partial charge in [0.15, 0.2) is 17.4 Å². The molecule has 1 aliphatic rings. The Morgan fingerprint density at radius 3 is 2.79 bits per heavy atom. The Morgan fingerprint density at radius 2 is 2.03 bits per heavy atom. The van der Waals surface area contributed by atoms with Crippen LogP contribution in [0.3, 0.4) is 0 Å². The molecule has 0 aliphatic carbocycles. The molecule has 0 bridgehead atoms. The van der Waals surface area contributed by atoms with Crippen molar-refractivity contribution in [2.75, 3.05) is 10.6 Å². The molecule has 172 valence electrons. The van der Waals surface area contributed by atoms with E-state index in [1.54, 1.807) is 34.9 Å². The van der Waals surface area contributed by atoms with Crippen molar-refractivity contribution in [2.45, 2.75) is 20.0 Å². The van der Waals surface area contributed by atoms with Gasteiger partial charge in [0.25, 0.3) is 0 Å². The van der Waals surface area contributed by atoms with Crippen LogP contribution in [0.2, 0.25) is 0 Å². The number of carbonyl (C=O) groups is 1. The zero-order valence-electron chi connectivity index (χ0n) is 17.9. The summed E-state index contributed by atoms with van der Waals surface area (Å²) in [7, 11) is 0. The number of aromatic nitrogens is 4. The van der Waals surface area contributed by atoms with Gasteiger partial charge in [-0.05, 0) is 30.7 Å². The second kappa shape index (κ2) is 8.35. The first-order valence-electron chi connectivity index (χ1n) is 10.4. The average molecular weight is 462 g/mol. The fourth-order valence-corrected chi connectivity index (χ4v) is 3.78. The summed E-state index contributed by atoms with van der Waals surface area (Å²) in [6.07, 6.45) is 1.58. The van der Waals surface area contributed by atoms with Crippen molar-refractivity contribution >= 4 is 29.1 Å². The number of aromatic carboxylic acids is 1. The number of nitrogens with zero attached hydrogens (tertiary/aromatic N) is 4. The van der Waals surface area contributed by atoms with E-state index in [1.165, 1.54) is 12.1 Å². The summed E-state index contributed by atoms with van der Waals surface area (Å²) in [4.78, 5) is 24.3. The SMILES string of the molecule is CCc1nc(C(=O)O)n2c1COc1c(Nc3ncc(F)c(Nc4cccc(O)c4)n3)cccc1-2. The van der Waals surface area contributed by atoms with Crippen molar-refractivity contribution in [1.82, 2.24) is 19.5 Å². The van der Waals surface area contributed by atoms with E-state index in [-0.39, 0.29) is 29.9 Å². The molecule has 0 fully saturated rings. The summed E-state index contributed by atoms with van der Waals surface area (Å²) in [6.45, 7) is 2.04. The highest BCUT2D eigenvalue weighted by Gasteiger charge is 2.29. The standard InChI is InChI=1S/C23H19FN6O4/c1-2-15-18-11-34-19-16(7-4-8-17(19)30(18)21(27-15)22(32)33)28-23-25-10-14(24)20(29-23)26-12-5-3-6-13(31)9-12/h3-10,31H,2,11H2,1H3,(H,32,33)(H2,25,26,28,29). The first-order chi connectivity index (χ1) is 16.4. The number of nitrogens with one attached hydrogen (secondary N) is 2. The molecule has 3 heterocycles. The van der Waals surface area contributed by atoms with Crippen LogP contribution in [0.5, 0.6) is 11.5 Å². The summed E-state index contributed by atoms with van der Waals surface area (Å²) in [6, 6.07) is 11.4. The number of hydrogen-bond acceptors (Lipinski definition) is 8. The smallest absolute Gasteiger partial charge is 0.372 e. The molecule has 0 amide bonds. The lowest BCUT2D eigenvalue weighted by Crippen LogP contribution is -2.18. The Bertz CT molecular complexity index is 1420. The predicted octanol–water partition coefficient (Wildman–Crippen LogP) is 4.15. The highest BCUT2D eigenvalue weighted by molar-refractivity contribution is 5.86. The summed E-state index contributed by atoms with van der Waals surface area (Å²) in [5.41, 5.74) is 2.77. The quantitative estimate of drug-likeness (QED) is 0.333. The van der Waals surface area contributed by atoms with E-state index in [2.05, 4.69) is 25.6 Å². The Hall–Kier alpha value is -4.67. The van der Waals surface area contributed by atoms with Crippen LogP contribution in [-0.4, -0.2) is 35.7 Å². The van der Waals surface area contributed by atoms with Crippen molar-refractivity contribution in [3.63, 3.8) is 0 Å². The minimum absolute atomic E-state index is 0.0247. The van der Waals surface area contributed by atoms with Crippen LogP contribution in [0, 0.1) is 5.82 Å². The molecular weight excluding hydrogens is 443 g/mol. The number of carboxylic acids is 1.